The number of aromatic nitrogens is 2. The molecule has 1 saturated carbocycles. The number of sulfonamides is 1. The lowest BCUT2D eigenvalue weighted by atomic mass is 9.91. The van der Waals surface area contributed by atoms with Crippen molar-refractivity contribution in [3.8, 4) is 0 Å². The normalized spacial score (nSPS) is 24.2. The maximum atomic E-state index is 12.7. The van der Waals surface area contributed by atoms with Crippen LogP contribution in [0.25, 0.3) is 0 Å². The second-order valence-electron chi connectivity index (χ2n) is 5.45. The smallest absolute Gasteiger partial charge is 0.262 e. The minimum Gasteiger partial charge on any atom is -0.334 e. The van der Waals surface area contributed by atoms with Gasteiger partial charge < -0.3 is 10.3 Å². The minimum atomic E-state index is -3.56. The molecule has 1 heterocycles. The van der Waals surface area contributed by atoms with E-state index in [2.05, 4.69) is 4.98 Å². The lowest BCUT2D eigenvalue weighted by Gasteiger charge is -2.34. The van der Waals surface area contributed by atoms with Crippen LogP contribution in [0.4, 0.5) is 0 Å². The van der Waals surface area contributed by atoms with Crippen LogP contribution in [-0.4, -0.2) is 41.4 Å². The summed E-state index contributed by atoms with van der Waals surface area (Å²) in [6.07, 6.45) is 5.42. The Labute approximate surface area is 121 Å². The molecule has 1 aromatic rings. The van der Waals surface area contributed by atoms with E-state index in [0.29, 0.717) is 12.4 Å². The van der Waals surface area contributed by atoms with Gasteiger partial charge in [-0.05, 0) is 26.7 Å². The molecule has 6 nitrogen and oxygen atoms in total. The highest BCUT2D eigenvalue weighted by Crippen LogP contribution is 2.25. The molecule has 0 aliphatic heterocycles. The van der Waals surface area contributed by atoms with E-state index in [1.807, 2.05) is 18.4 Å². The van der Waals surface area contributed by atoms with Gasteiger partial charge in [0.1, 0.15) is 5.82 Å². The number of aryl methyl sites for hydroxylation is 2. The van der Waals surface area contributed by atoms with Crippen molar-refractivity contribution in [3.05, 3.63) is 12.0 Å². The molecule has 1 aliphatic carbocycles. The van der Waals surface area contributed by atoms with E-state index in [-0.39, 0.29) is 17.1 Å². The van der Waals surface area contributed by atoms with Gasteiger partial charge in [-0.2, -0.15) is 4.31 Å². The molecule has 2 rings (SSSR count). The monoisotopic (exact) mass is 300 g/mol. The van der Waals surface area contributed by atoms with Crippen molar-refractivity contribution < 1.29 is 8.42 Å². The van der Waals surface area contributed by atoms with Gasteiger partial charge in [0, 0.05) is 31.9 Å². The molecule has 2 N–H and O–H groups in total. The zero-order valence-corrected chi connectivity index (χ0v) is 13.2. The van der Waals surface area contributed by atoms with Gasteiger partial charge >= 0.3 is 0 Å². The summed E-state index contributed by atoms with van der Waals surface area (Å²) in [5.41, 5.74) is 6.08. The van der Waals surface area contributed by atoms with Crippen LogP contribution in [0.5, 0.6) is 0 Å². The molecule has 0 spiro atoms. The predicted molar refractivity (Wildman–Crippen MR) is 77.8 cm³/mol. The number of hydrogen-bond donors (Lipinski definition) is 1. The van der Waals surface area contributed by atoms with Crippen LogP contribution < -0.4 is 5.73 Å². The van der Waals surface area contributed by atoms with Gasteiger partial charge in [-0.3, -0.25) is 0 Å². The maximum Gasteiger partial charge on any atom is 0.262 e. The predicted octanol–water partition coefficient (Wildman–Crippen LogP) is 1.10. The summed E-state index contributed by atoms with van der Waals surface area (Å²) in [7, 11) is -1.95. The number of likely N-dealkylation sites (N-methyl/N-ethyl adjacent to an activating group) is 1. The molecule has 0 bridgehead atoms. The number of nitrogens with zero attached hydrogens (tertiary/aromatic N) is 3. The van der Waals surface area contributed by atoms with Crippen molar-refractivity contribution in [1.29, 1.82) is 0 Å². The number of imidazole rings is 1. The summed E-state index contributed by atoms with van der Waals surface area (Å²) in [4.78, 5) is 4.19. The fourth-order valence-corrected chi connectivity index (χ4v) is 4.26. The van der Waals surface area contributed by atoms with E-state index < -0.39 is 10.0 Å². The van der Waals surface area contributed by atoms with E-state index in [4.69, 9.17) is 5.73 Å². The van der Waals surface area contributed by atoms with Crippen LogP contribution in [0.2, 0.25) is 0 Å². The Morgan fingerprint density at radius 2 is 2.10 bits per heavy atom. The highest BCUT2D eigenvalue weighted by Gasteiger charge is 2.34. The summed E-state index contributed by atoms with van der Waals surface area (Å²) in [5.74, 6) is 0.715. The molecule has 1 aliphatic rings. The van der Waals surface area contributed by atoms with Gasteiger partial charge in [0.05, 0.1) is 0 Å². The second kappa shape index (κ2) is 5.83. The molecule has 2 unspecified atom stereocenters. The van der Waals surface area contributed by atoms with Crippen molar-refractivity contribution in [2.75, 3.05) is 7.05 Å². The third-order valence-corrected chi connectivity index (χ3v) is 5.94. The van der Waals surface area contributed by atoms with Gasteiger partial charge in [-0.25, -0.2) is 13.4 Å². The standard InChI is InChI=1S/C13H24N4O2S/c1-4-17-9-13(15-10(17)2)20(18,19)16(3)12-8-6-5-7-11(12)14/h9,11-12H,4-8,14H2,1-3H3. The molecule has 0 radical (unpaired) electrons. The Morgan fingerprint density at radius 3 is 2.65 bits per heavy atom. The van der Waals surface area contributed by atoms with E-state index in [1.54, 1.807) is 13.2 Å². The summed E-state index contributed by atoms with van der Waals surface area (Å²) < 4.78 is 28.6. The molecule has 2 atom stereocenters. The van der Waals surface area contributed by atoms with Crippen molar-refractivity contribution in [3.63, 3.8) is 0 Å². The summed E-state index contributed by atoms with van der Waals surface area (Å²) in [6, 6.07) is -0.210. The third-order valence-electron chi connectivity index (χ3n) is 4.19. The number of rotatable bonds is 4. The fraction of sp³-hybridized carbons (Fsp3) is 0.769. The summed E-state index contributed by atoms with van der Waals surface area (Å²) in [5, 5.41) is 0.122. The average molecular weight is 300 g/mol. The van der Waals surface area contributed by atoms with Crippen molar-refractivity contribution >= 4 is 10.0 Å². The lowest BCUT2D eigenvalue weighted by molar-refractivity contribution is 0.252. The van der Waals surface area contributed by atoms with Crippen molar-refractivity contribution in [2.24, 2.45) is 5.73 Å². The molecule has 1 fully saturated rings. The van der Waals surface area contributed by atoms with Gasteiger partial charge in [0.15, 0.2) is 5.03 Å². The Bertz CT molecular complexity index is 567. The molecular formula is C13H24N4O2S. The topological polar surface area (TPSA) is 81.2 Å². The van der Waals surface area contributed by atoms with Crippen LogP contribution >= 0.6 is 0 Å². The molecule has 114 valence electrons. The van der Waals surface area contributed by atoms with E-state index in [0.717, 1.165) is 25.7 Å². The highest BCUT2D eigenvalue weighted by molar-refractivity contribution is 7.89. The molecule has 0 amide bonds. The molecule has 0 aromatic carbocycles. The lowest BCUT2D eigenvalue weighted by Crippen LogP contribution is -2.50. The zero-order chi connectivity index (χ0) is 14.9. The molecule has 7 heteroatoms. The third kappa shape index (κ3) is 2.75. The molecular weight excluding hydrogens is 276 g/mol. The molecule has 20 heavy (non-hydrogen) atoms. The fourth-order valence-electron chi connectivity index (χ4n) is 2.84. The van der Waals surface area contributed by atoms with Gasteiger partial charge in [0.25, 0.3) is 10.0 Å². The van der Waals surface area contributed by atoms with Crippen molar-refractivity contribution in [1.82, 2.24) is 13.9 Å². The van der Waals surface area contributed by atoms with Crippen LogP contribution in [0.3, 0.4) is 0 Å². The Morgan fingerprint density at radius 1 is 1.45 bits per heavy atom. The van der Waals surface area contributed by atoms with E-state index in [9.17, 15) is 8.42 Å². The summed E-state index contributed by atoms with van der Waals surface area (Å²) in [6.45, 7) is 4.49. The van der Waals surface area contributed by atoms with Crippen molar-refractivity contribution in [2.45, 2.75) is 63.2 Å². The van der Waals surface area contributed by atoms with Crippen LogP contribution in [0.1, 0.15) is 38.4 Å². The summed E-state index contributed by atoms with van der Waals surface area (Å²) >= 11 is 0. The van der Waals surface area contributed by atoms with Gasteiger partial charge in [-0.1, -0.05) is 12.8 Å². The Kier molecular flexibility index (Phi) is 4.51. The largest absolute Gasteiger partial charge is 0.334 e. The number of nitrogens with two attached hydrogens (primary N) is 1. The Hall–Kier alpha value is -0.920. The highest BCUT2D eigenvalue weighted by atomic mass is 32.2. The van der Waals surface area contributed by atoms with Gasteiger partial charge in [0.2, 0.25) is 0 Å². The quantitative estimate of drug-likeness (QED) is 0.903. The molecule has 0 saturated heterocycles. The SMILES string of the molecule is CCn1cc(S(=O)(=O)N(C)C2CCCCC2N)nc1C. The van der Waals surface area contributed by atoms with Crippen LogP contribution in [0.15, 0.2) is 11.2 Å². The van der Waals surface area contributed by atoms with Crippen LogP contribution in [0, 0.1) is 6.92 Å². The first kappa shape index (κ1) is 15.5. The number of hydrogen-bond acceptors (Lipinski definition) is 4. The van der Waals surface area contributed by atoms with Gasteiger partial charge in [-0.15, -0.1) is 0 Å². The first-order valence-electron chi connectivity index (χ1n) is 7.15. The van der Waals surface area contributed by atoms with E-state index in [1.165, 1.54) is 4.31 Å². The first-order valence-corrected chi connectivity index (χ1v) is 8.59. The van der Waals surface area contributed by atoms with Crippen LogP contribution in [-0.2, 0) is 16.6 Å². The zero-order valence-electron chi connectivity index (χ0n) is 12.4. The minimum absolute atomic E-state index is 0.0853. The molecule has 1 aromatic heterocycles. The maximum absolute atomic E-state index is 12.7. The first-order chi connectivity index (χ1) is 9.37. The van der Waals surface area contributed by atoms with E-state index >= 15 is 0 Å². The average Bonchev–Trinajstić information content (AvgIpc) is 2.80. The Balaban J connectivity index is 2.28. The second-order valence-corrected chi connectivity index (χ2v) is 7.39.